The highest BCUT2D eigenvalue weighted by atomic mass is 16.5. The molecule has 12 heavy (non-hydrogen) atoms. The summed E-state index contributed by atoms with van der Waals surface area (Å²) in [5.41, 5.74) is 0. The molecule has 0 spiro atoms. The van der Waals surface area contributed by atoms with Crippen molar-refractivity contribution in [2.45, 2.75) is 12.5 Å². The maximum atomic E-state index is 11.0. The van der Waals surface area contributed by atoms with Crippen LogP contribution in [0.15, 0.2) is 0 Å². The number of ether oxygens (including phenoxy) is 1. The van der Waals surface area contributed by atoms with Crippen LogP contribution in [0.4, 0.5) is 0 Å². The van der Waals surface area contributed by atoms with E-state index in [1.165, 1.54) is 7.05 Å². The van der Waals surface area contributed by atoms with Gasteiger partial charge in [0.25, 0.3) is 0 Å². The minimum Gasteiger partial charge on any atom is -0.479 e. The Morgan fingerprint density at radius 1 is 1.58 bits per heavy atom. The lowest BCUT2D eigenvalue weighted by Crippen LogP contribution is -2.28. The van der Waals surface area contributed by atoms with Crippen molar-refractivity contribution in [2.75, 3.05) is 13.7 Å². The van der Waals surface area contributed by atoms with Gasteiger partial charge in [-0.3, -0.25) is 4.79 Å². The van der Waals surface area contributed by atoms with E-state index < -0.39 is 12.1 Å². The molecule has 68 valence electrons. The molecule has 5 heteroatoms. The Bertz CT molecular complexity index is 204. The van der Waals surface area contributed by atoms with Crippen molar-refractivity contribution >= 4 is 11.9 Å². The van der Waals surface area contributed by atoms with Gasteiger partial charge in [-0.15, -0.1) is 0 Å². The standard InChI is InChI=1S/C7H11NO4/c1-8-6(9)4-2-5(7(10)11)12-3-4/h4-5H,2-3H2,1H3,(H,8,9)(H,10,11)/t4?,5-/m1/s1. The van der Waals surface area contributed by atoms with Gasteiger partial charge in [-0.2, -0.15) is 0 Å². The summed E-state index contributed by atoms with van der Waals surface area (Å²) in [5.74, 6) is -1.46. The monoisotopic (exact) mass is 173 g/mol. The fraction of sp³-hybridized carbons (Fsp3) is 0.714. The molecule has 1 unspecified atom stereocenters. The Labute approximate surface area is 69.7 Å². The largest absolute Gasteiger partial charge is 0.479 e. The van der Waals surface area contributed by atoms with Crippen LogP contribution in [-0.4, -0.2) is 36.7 Å². The normalized spacial score (nSPS) is 28.4. The molecule has 5 nitrogen and oxygen atoms in total. The van der Waals surface area contributed by atoms with Crippen LogP contribution in [0, 0.1) is 5.92 Å². The summed E-state index contributed by atoms with van der Waals surface area (Å²) in [6.45, 7) is 0.205. The molecule has 0 aromatic rings. The van der Waals surface area contributed by atoms with E-state index in [4.69, 9.17) is 9.84 Å². The fourth-order valence-electron chi connectivity index (χ4n) is 1.19. The number of carbonyl (C=O) groups is 2. The van der Waals surface area contributed by atoms with Crippen LogP contribution in [0.25, 0.3) is 0 Å². The van der Waals surface area contributed by atoms with Crippen LogP contribution < -0.4 is 5.32 Å². The first-order chi connectivity index (χ1) is 5.65. The topological polar surface area (TPSA) is 75.6 Å². The third-order valence-corrected chi connectivity index (χ3v) is 1.89. The van der Waals surface area contributed by atoms with Gasteiger partial charge in [-0.25, -0.2) is 4.79 Å². The summed E-state index contributed by atoms with van der Waals surface area (Å²) in [6.07, 6.45) is -0.540. The van der Waals surface area contributed by atoms with Gasteiger partial charge in [0.05, 0.1) is 12.5 Å². The Kier molecular flexibility index (Phi) is 2.65. The number of amides is 1. The van der Waals surface area contributed by atoms with Crippen LogP contribution in [0.3, 0.4) is 0 Å². The van der Waals surface area contributed by atoms with Crippen molar-refractivity contribution in [3.63, 3.8) is 0 Å². The predicted molar refractivity (Wildman–Crippen MR) is 39.5 cm³/mol. The van der Waals surface area contributed by atoms with Gasteiger partial charge in [0.1, 0.15) is 0 Å². The number of nitrogens with one attached hydrogen (secondary N) is 1. The number of carboxylic acid groups (broad SMARTS) is 1. The van der Waals surface area contributed by atoms with Crippen LogP contribution >= 0.6 is 0 Å². The van der Waals surface area contributed by atoms with Gasteiger partial charge in [-0.1, -0.05) is 0 Å². The molecule has 1 fully saturated rings. The summed E-state index contributed by atoms with van der Waals surface area (Å²) in [6, 6.07) is 0. The van der Waals surface area contributed by atoms with Crippen molar-refractivity contribution in [3.05, 3.63) is 0 Å². The summed E-state index contributed by atoms with van der Waals surface area (Å²) in [4.78, 5) is 21.4. The van der Waals surface area contributed by atoms with Gasteiger partial charge < -0.3 is 15.2 Å². The van der Waals surface area contributed by atoms with E-state index in [1.54, 1.807) is 0 Å². The molecular formula is C7H11NO4. The number of hydrogen-bond acceptors (Lipinski definition) is 3. The van der Waals surface area contributed by atoms with E-state index >= 15 is 0 Å². The lowest BCUT2D eigenvalue weighted by Gasteiger charge is -2.03. The van der Waals surface area contributed by atoms with Crippen LogP contribution in [0.5, 0.6) is 0 Å². The Morgan fingerprint density at radius 2 is 2.25 bits per heavy atom. The van der Waals surface area contributed by atoms with Gasteiger partial charge in [-0.05, 0) is 6.42 Å². The van der Waals surface area contributed by atoms with E-state index in [0.717, 1.165) is 0 Å². The van der Waals surface area contributed by atoms with Crippen molar-refractivity contribution in [3.8, 4) is 0 Å². The highest BCUT2D eigenvalue weighted by Gasteiger charge is 2.34. The molecule has 0 aliphatic carbocycles. The number of rotatable bonds is 2. The maximum Gasteiger partial charge on any atom is 0.332 e. The van der Waals surface area contributed by atoms with E-state index in [0.29, 0.717) is 0 Å². The summed E-state index contributed by atoms with van der Waals surface area (Å²) >= 11 is 0. The van der Waals surface area contributed by atoms with Crippen LogP contribution in [0.2, 0.25) is 0 Å². The molecule has 1 amide bonds. The molecule has 2 atom stereocenters. The number of aliphatic carboxylic acids is 1. The zero-order valence-electron chi connectivity index (χ0n) is 6.74. The second-order valence-corrected chi connectivity index (χ2v) is 2.71. The van der Waals surface area contributed by atoms with E-state index in [2.05, 4.69) is 5.32 Å². The molecule has 1 aliphatic heterocycles. The van der Waals surface area contributed by atoms with Crippen LogP contribution in [0.1, 0.15) is 6.42 Å². The summed E-state index contributed by atoms with van der Waals surface area (Å²) in [5, 5.41) is 11.0. The molecule has 0 radical (unpaired) electrons. The van der Waals surface area contributed by atoms with Crippen molar-refractivity contribution < 1.29 is 19.4 Å². The number of carbonyl (C=O) groups excluding carboxylic acids is 1. The molecule has 0 bridgehead atoms. The van der Waals surface area contributed by atoms with Gasteiger partial charge >= 0.3 is 5.97 Å². The van der Waals surface area contributed by atoms with Crippen molar-refractivity contribution in [1.82, 2.24) is 5.32 Å². The first-order valence-corrected chi connectivity index (χ1v) is 3.71. The summed E-state index contributed by atoms with van der Waals surface area (Å²) in [7, 11) is 1.52. The second kappa shape index (κ2) is 3.53. The highest BCUT2D eigenvalue weighted by Crippen LogP contribution is 2.19. The average molecular weight is 173 g/mol. The minimum atomic E-state index is -0.999. The zero-order valence-corrected chi connectivity index (χ0v) is 6.74. The van der Waals surface area contributed by atoms with E-state index in [1.807, 2.05) is 0 Å². The first-order valence-electron chi connectivity index (χ1n) is 3.71. The predicted octanol–water partition coefficient (Wildman–Crippen LogP) is -0.778. The molecule has 1 rings (SSSR count). The van der Waals surface area contributed by atoms with Crippen molar-refractivity contribution in [1.29, 1.82) is 0 Å². The second-order valence-electron chi connectivity index (χ2n) is 2.71. The average Bonchev–Trinajstić information content (AvgIpc) is 2.51. The first kappa shape index (κ1) is 8.99. The molecule has 0 aromatic heterocycles. The molecule has 1 saturated heterocycles. The van der Waals surface area contributed by atoms with Gasteiger partial charge in [0.15, 0.2) is 6.10 Å². The SMILES string of the molecule is CNC(=O)C1CO[C@@H](C(=O)O)C1. The lowest BCUT2D eigenvalue weighted by molar-refractivity contribution is -0.147. The molecule has 1 heterocycles. The quantitative estimate of drug-likeness (QED) is 0.574. The molecular weight excluding hydrogens is 162 g/mol. The molecule has 2 N–H and O–H groups in total. The maximum absolute atomic E-state index is 11.0. The Balaban J connectivity index is 2.45. The molecule has 0 saturated carbocycles. The Morgan fingerprint density at radius 3 is 2.67 bits per heavy atom. The fourth-order valence-corrected chi connectivity index (χ4v) is 1.19. The summed E-state index contributed by atoms with van der Waals surface area (Å²) < 4.78 is 4.89. The third-order valence-electron chi connectivity index (χ3n) is 1.89. The van der Waals surface area contributed by atoms with E-state index in [9.17, 15) is 9.59 Å². The van der Waals surface area contributed by atoms with Crippen LogP contribution in [-0.2, 0) is 14.3 Å². The van der Waals surface area contributed by atoms with Crippen molar-refractivity contribution in [2.24, 2.45) is 5.92 Å². The van der Waals surface area contributed by atoms with Gasteiger partial charge in [0.2, 0.25) is 5.91 Å². The highest BCUT2D eigenvalue weighted by molar-refractivity contribution is 5.81. The minimum absolute atomic E-state index is 0.154. The third kappa shape index (κ3) is 1.73. The zero-order chi connectivity index (χ0) is 9.14. The number of carboxylic acids is 1. The van der Waals surface area contributed by atoms with Gasteiger partial charge in [0, 0.05) is 7.05 Å². The number of hydrogen-bond donors (Lipinski definition) is 2. The Hall–Kier alpha value is -1.10. The lowest BCUT2D eigenvalue weighted by atomic mass is 10.1. The molecule has 1 aliphatic rings. The smallest absolute Gasteiger partial charge is 0.332 e. The van der Waals surface area contributed by atoms with E-state index in [-0.39, 0.29) is 24.9 Å². The molecule has 0 aromatic carbocycles.